The van der Waals surface area contributed by atoms with Gasteiger partial charge in [-0.15, -0.1) is 0 Å². The van der Waals surface area contributed by atoms with Gasteiger partial charge in [-0.1, -0.05) is 0 Å². The van der Waals surface area contributed by atoms with Gasteiger partial charge < -0.3 is 10.3 Å². The minimum absolute atomic E-state index is 0.0370. The Morgan fingerprint density at radius 2 is 2.50 bits per heavy atom. The summed E-state index contributed by atoms with van der Waals surface area (Å²) in [6.07, 6.45) is 3.68. The van der Waals surface area contributed by atoms with Crippen LogP contribution in [0.1, 0.15) is 0 Å². The molecule has 0 aromatic carbocycles. The van der Waals surface area contributed by atoms with E-state index in [-0.39, 0.29) is 6.17 Å². The molecule has 1 unspecified atom stereocenters. The average molecular weight is 165 g/mol. The molecule has 1 atom stereocenters. The first-order valence-corrected chi connectivity index (χ1v) is 3.77. The van der Waals surface area contributed by atoms with Gasteiger partial charge in [0.25, 0.3) is 0 Å². The molecule has 0 saturated carbocycles. The lowest BCUT2D eigenvalue weighted by atomic mass is 10.2. The zero-order chi connectivity index (χ0) is 8.55. The van der Waals surface area contributed by atoms with E-state index < -0.39 is 0 Å². The van der Waals surface area contributed by atoms with Gasteiger partial charge in [-0.05, 0) is 0 Å². The van der Waals surface area contributed by atoms with E-state index in [1.54, 1.807) is 13.4 Å². The zero-order valence-electron chi connectivity index (χ0n) is 7.07. The molecular formula is C7H11N5. The van der Waals surface area contributed by atoms with Crippen molar-refractivity contribution in [1.82, 2.24) is 15.8 Å². The first kappa shape index (κ1) is 7.30. The van der Waals surface area contributed by atoms with E-state index >= 15 is 0 Å². The second-order valence-corrected chi connectivity index (χ2v) is 2.72. The van der Waals surface area contributed by atoms with Crippen LogP contribution in [-0.4, -0.2) is 37.4 Å². The Morgan fingerprint density at radius 3 is 3.25 bits per heavy atom. The predicted octanol–water partition coefficient (Wildman–Crippen LogP) is -0.694. The maximum atomic E-state index is 4.20. The Balaban J connectivity index is 2.35. The molecule has 2 rings (SSSR count). The zero-order valence-corrected chi connectivity index (χ0v) is 7.07. The Labute approximate surface area is 70.8 Å². The van der Waals surface area contributed by atoms with E-state index in [0.29, 0.717) is 0 Å². The summed E-state index contributed by atoms with van der Waals surface area (Å²) in [5.41, 5.74) is 4.23. The molecule has 0 saturated heterocycles. The van der Waals surface area contributed by atoms with Gasteiger partial charge in [-0.2, -0.15) is 0 Å². The standard InChI is InChI=1S/C7H11N5/c1-8-6-5-3-12(2)11-7(5)10-4-9-6/h3-4,7,11H,1-2H3,(H,8,9,10). The van der Waals surface area contributed by atoms with Crippen molar-refractivity contribution in [3.05, 3.63) is 11.8 Å². The van der Waals surface area contributed by atoms with Crippen molar-refractivity contribution < 1.29 is 0 Å². The number of hydrazine groups is 1. The minimum Gasteiger partial charge on any atom is -0.331 e. The first-order valence-electron chi connectivity index (χ1n) is 3.77. The van der Waals surface area contributed by atoms with Gasteiger partial charge in [0, 0.05) is 20.3 Å². The molecule has 0 bridgehead atoms. The molecule has 12 heavy (non-hydrogen) atoms. The van der Waals surface area contributed by atoms with E-state index in [0.717, 1.165) is 11.4 Å². The van der Waals surface area contributed by atoms with Crippen molar-refractivity contribution in [3.63, 3.8) is 0 Å². The van der Waals surface area contributed by atoms with Crippen LogP contribution in [0.5, 0.6) is 0 Å². The van der Waals surface area contributed by atoms with Gasteiger partial charge in [0.1, 0.15) is 12.0 Å². The molecule has 0 spiro atoms. The summed E-state index contributed by atoms with van der Waals surface area (Å²) in [4.78, 5) is 8.31. The average Bonchev–Trinajstić information content (AvgIpc) is 2.44. The van der Waals surface area contributed by atoms with E-state index in [4.69, 9.17) is 0 Å². The van der Waals surface area contributed by atoms with Crippen LogP contribution in [0.15, 0.2) is 21.8 Å². The molecule has 2 aliphatic rings. The summed E-state index contributed by atoms with van der Waals surface area (Å²) in [6.45, 7) is 0. The number of fused-ring (bicyclic) bond motifs is 1. The molecule has 2 heterocycles. The summed E-state index contributed by atoms with van der Waals surface area (Å²) >= 11 is 0. The summed E-state index contributed by atoms with van der Waals surface area (Å²) in [5.74, 6) is 0.881. The molecule has 0 radical (unpaired) electrons. The Morgan fingerprint density at radius 1 is 1.67 bits per heavy atom. The van der Waals surface area contributed by atoms with Crippen LogP contribution in [0.4, 0.5) is 0 Å². The summed E-state index contributed by atoms with van der Waals surface area (Å²) in [5, 5.41) is 4.87. The molecule has 5 nitrogen and oxygen atoms in total. The van der Waals surface area contributed by atoms with Crippen LogP contribution >= 0.6 is 0 Å². The SMILES string of the molecule is CN=C1NC=NC2NN(C)C=C12. The molecule has 0 fully saturated rings. The number of amidine groups is 1. The lowest BCUT2D eigenvalue weighted by Crippen LogP contribution is -2.40. The van der Waals surface area contributed by atoms with Crippen molar-refractivity contribution in [2.75, 3.05) is 14.1 Å². The highest BCUT2D eigenvalue weighted by Gasteiger charge is 2.26. The lowest BCUT2D eigenvalue weighted by molar-refractivity contribution is 0.333. The van der Waals surface area contributed by atoms with Crippen LogP contribution < -0.4 is 10.7 Å². The molecule has 5 heteroatoms. The third-order valence-electron chi connectivity index (χ3n) is 1.88. The number of nitrogens with zero attached hydrogens (tertiary/aromatic N) is 3. The van der Waals surface area contributed by atoms with E-state index in [1.807, 2.05) is 18.3 Å². The lowest BCUT2D eigenvalue weighted by Gasteiger charge is -2.17. The molecule has 2 aliphatic heterocycles. The fourth-order valence-electron chi connectivity index (χ4n) is 1.33. The van der Waals surface area contributed by atoms with Crippen molar-refractivity contribution in [3.8, 4) is 0 Å². The maximum absolute atomic E-state index is 4.20. The van der Waals surface area contributed by atoms with Crippen LogP contribution in [0.2, 0.25) is 0 Å². The highest BCUT2D eigenvalue weighted by molar-refractivity contribution is 6.06. The number of rotatable bonds is 0. The third-order valence-corrected chi connectivity index (χ3v) is 1.88. The van der Waals surface area contributed by atoms with Crippen LogP contribution in [0.3, 0.4) is 0 Å². The quantitative estimate of drug-likeness (QED) is 0.499. The monoisotopic (exact) mass is 165 g/mol. The van der Waals surface area contributed by atoms with Gasteiger partial charge in [0.2, 0.25) is 0 Å². The number of hydrogen-bond acceptors (Lipinski definition) is 4. The molecule has 2 N–H and O–H groups in total. The predicted molar refractivity (Wildman–Crippen MR) is 47.8 cm³/mol. The summed E-state index contributed by atoms with van der Waals surface area (Å²) in [6, 6.07) is 0. The summed E-state index contributed by atoms with van der Waals surface area (Å²) < 4.78 is 0. The molecule has 0 amide bonds. The van der Waals surface area contributed by atoms with Crippen molar-refractivity contribution >= 4 is 12.2 Å². The first-order chi connectivity index (χ1) is 5.81. The van der Waals surface area contributed by atoms with Gasteiger partial charge in [-0.3, -0.25) is 4.99 Å². The third kappa shape index (κ3) is 0.984. The van der Waals surface area contributed by atoms with Gasteiger partial charge in [-0.25, -0.2) is 10.4 Å². The number of nitrogens with one attached hydrogen (secondary N) is 2. The fraction of sp³-hybridized carbons (Fsp3) is 0.429. The molecular weight excluding hydrogens is 154 g/mol. The fourth-order valence-corrected chi connectivity index (χ4v) is 1.33. The Hall–Kier alpha value is -1.36. The van der Waals surface area contributed by atoms with E-state index in [1.165, 1.54) is 0 Å². The highest BCUT2D eigenvalue weighted by atomic mass is 15.5. The molecule has 0 aliphatic carbocycles. The Bertz CT molecular complexity index is 278. The number of hydrogen-bond donors (Lipinski definition) is 2. The van der Waals surface area contributed by atoms with Crippen molar-refractivity contribution in [1.29, 1.82) is 0 Å². The van der Waals surface area contributed by atoms with Crippen molar-refractivity contribution in [2.45, 2.75) is 6.17 Å². The molecule has 64 valence electrons. The van der Waals surface area contributed by atoms with Crippen LogP contribution in [-0.2, 0) is 0 Å². The maximum Gasteiger partial charge on any atom is 0.148 e. The second kappa shape index (κ2) is 2.60. The Kier molecular flexibility index (Phi) is 1.58. The van der Waals surface area contributed by atoms with Crippen LogP contribution in [0, 0.1) is 0 Å². The highest BCUT2D eigenvalue weighted by Crippen LogP contribution is 2.14. The molecule has 0 aromatic rings. The topological polar surface area (TPSA) is 52.0 Å². The largest absolute Gasteiger partial charge is 0.331 e. The molecule has 0 aromatic heterocycles. The second-order valence-electron chi connectivity index (χ2n) is 2.72. The van der Waals surface area contributed by atoms with Crippen molar-refractivity contribution in [2.24, 2.45) is 9.98 Å². The summed E-state index contributed by atoms with van der Waals surface area (Å²) in [7, 11) is 3.70. The van der Waals surface area contributed by atoms with Gasteiger partial charge in [0.05, 0.1) is 11.9 Å². The smallest absolute Gasteiger partial charge is 0.148 e. The minimum atomic E-state index is 0.0370. The normalized spacial score (nSPS) is 30.2. The van der Waals surface area contributed by atoms with Gasteiger partial charge in [0.15, 0.2) is 0 Å². The van der Waals surface area contributed by atoms with Crippen LogP contribution in [0.25, 0.3) is 0 Å². The number of aliphatic imine (C=N–C) groups is 2. The van der Waals surface area contributed by atoms with E-state index in [2.05, 4.69) is 20.7 Å². The van der Waals surface area contributed by atoms with Gasteiger partial charge >= 0.3 is 0 Å². The van der Waals surface area contributed by atoms with E-state index in [9.17, 15) is 0 Å².